The number of nitrogens with zero attached hydrogens (tertiary/aromatic N) is 2. The number of halogens is 2. The molecule has 0 atom stereocenters. The lowest BCUT2D eigenvalue weighted by Gasteiger charge is -2.11. The first-order valence-electron chi connectivity index (χ1n) is 6.94. The standard InChI is InChI=1S/C17H12Br2N2O3/c1-2-24-17-12(8-14(18)9-16(17)19)7-13(10-20)11-3-5-15(6-4-11)21(22)23/h3-9H,2H2,1H3/b13-7+. The van der Waals surface area contributed by atoms with E-state index in [1.807, 2.05) is 19.1 Å². The molecule has 5 nitrogen and oxygen atoms in total. The molecule has 0 unspecified atom stereocenters. The monoisotopic (exact) mass is 450 g/mol. The molecule has 0 aliphatic carbocycles. The van der Waals surface area contributed by atoms with Crippen molar-refractivity contribution < 1.29 is 9.66 Å². The van der Waals surface area contributed by atoms with Crippen LogP contribution >= 0.6 is 31.9 Å². The molecule has 0 spiro atoms. The number of nitro benzene ring substituents is 1. The number of allylic oxidation sites excluding steroid dienone is 1. The number of rotatable bonds is 5. The Balaban J connectivity index is 2.51. The molecule has 0 saturated heterocycles. The molecule has 2 aromatic carbocycles. The molecular formula is C17H12Br2N2O3. The third-order valence-electron chi connectivity index (χ3n) is 3.14. The molecule has 2 aromatic rings. The van der Waals surface area contributed by atoms with E-state index < -0.39 is 4.92 Å². The fraction of sp³-hybridized carbons (Fsp3) is 0.118. The van der Waals surface area contributed by atoms with E-state index in [1.54, 1.807) is 18.2 Å². The van der Waals surface area contributed by atoms with Crippen LogP contribution in [0.3, 0.4) is 0 Å². The number of hydrogen-bond acceptors (Lipinski definition) is 4. The highest BCUT2D eigenvalue weighted by Gasteiger charge is 2.11. The predicted molar refractivity (Wildman–Crippen MR) is 99.6 cm³/mol. The Morgan fingerprint density at radius 2 is 2.00 bits per heavy atom. The molecule has 0 aliphatic rings. The van der Waals surface area contributed by atoms with E-state index in [1.165, 1.54) is 12.1 Å². The third kappa shape index (κ3) is 4.22. The van der Waals surface area contributed by atoms with Gasteiger partial charge in [0.2, 0.25) is 0 Å². The maximum Gasteiger partial charge on any atom is 0.269 e. The number of nitriles is 1. The van der Waals surface area contributed by atoms with Crippen LogP contribution in [0.15, 0.2) is 45.3 Å². The van der Waals surface area contributed by atoms with Crippen LogP contribution < -0.4 is 4.74 Å². The Kier molecular flexibility index (Phi) is 6.12. The van der Waals surface area contributed by atoms with Crippen molar-refractivity contribution >= 4 is 49.2 Å². The normalized spacial score (nSPS) is 11.0. The lowest BCUT2D eigenvalue weighted by atomic mass is 10.0. The SMILES string of the molecule is CCOc1c(Br)cc(Br)cc1/C=C(\C#N)c1ccc([N+](=O)[O-])cc1. The number of non-ortho nitro benzene ring substituents is 1. The van der Waals surface area contributed by atoms with Crippen LogP contribution in [0.25, 0.3) is 11.6 Å². The van der Waals surface area contributed by atoms with E-state index in [-0.39, 0.29) is 5.69 Å². The molecule has 24 heavy (non-hydrogen) atoms. The quantitative estimate of drug-likeness (QED) is 0.257. The molecule has 0 saturated carbocycles. The zero-order chi connectivity index (χ0) is 17.7. The summed E-state index contributed by atoms with van der Waals surface area (Å²) in [6.07, 6.45) is 1.70. The first-order chi connectivity index (χ1) is 11.5. The minimum absolute atomic E-state index is 0.0174. The molecule has 0 radical (unpaired) electrons. The van der Waals surface area contributed by atoms with Crippen molar-refractivity contribution in [2.75, 3.05) is 6.61 Å². The van der Waals surface area contributed by atoms with Crippen molar-refractivity contribution in [2.45, 2.75) is 6.92 Å². The van der Waals surface area contributed by atoms with Crippen LogP contribution in [0.2, 0.25) is 0 Å². The van der Waals surface area contributed by atoms with Gasteiger partial charge in [0.05, 0.1) is 27.6 Å². The number of nitro groups is 1. The molecule has 0 heterocycles. The summed E-state index contributed by atoms with van der Waals surface area (Å²) in [4.78, 5) is 10.3. The van der Waals surface area contributed by atoms with Gasteiger partial charge in [-0.15, -0.1) is 0 Å². The zero-order valence-corrected chi connectivity index (χ0v) is 15.8. The topological polar surface area (TPSA) is 76.2 Å². The van der Waals surface area contributed by atoms with E-state index in [0.717, 1.165) is 14.5 Å². The average molecular weight is 452 g/mol. The van der Waals surface area contributed by atoms with Crippen LogP contribution in [0.4, 0.5) is 5.69 Å². The van der Waals surface area contributed by atoms with E-state index in [0.29, 0.717) is 23.5 Å². The molecule has 0 fully saturated rings. The fourth-order valence-corrected chi connectivity index (χ4v) is 3.46. The Labute approximate surface area is 156 Å². The van der Waals surface area contributed by atoms with Gasteiger partial charge in [0.1, 0.15) is 5.75 Å². The highest BCUT2D eigenvalue weighted by molar-refractivity contribution is 9.11. The summed E-state index contributed by atoms with van der Waals surface area (Å²) in [5, 5.41) is 20.2. The lowest BCUT2D eigenvalue weighted by Crippen LogP contribution is -1.96. The van der Waals surface area contributed by atoms with Gasteiger partial charge in [-0.1, -0.05) is 15.9 Å². The second kappa shape index (κ2) is 8.08. The van der Waals surface area contributed by atoms with Crippen molar-refractivity contribution in [2.24, 2.45) is 0 Å². The van der Waals surface area contributed by atoms with Crippen molar-refractivity contribution in [1.29, 1.82) is 5.26 Å². The van der Waals surface area contributed by atoms with E-state index in [4.69, 9.17) is 4.74 Å². The summed E-state index contributed by atoms with van der Waals surface area (Å²) in [7, 11) is 0. The summed E-state index contributed by atoms with van der Waals surface area (Å²) in [5.74, 6) is 0.635. The number of benzene rings is 2. The Hall–Kier alpha value is -2.17. The Bertz CT molecular complexity index is 840. The van der Waals surface area contributed by atoms with Crippen LogP contribution in [0.5, 0.6) is 5.75 Å². The Morgan fingerprint density at radius 3 is 2.54 bits per heavy atom. The van der Waals surface area contributed by atoms with Gasteiger partial charge in [-0.05, 0) is 58.8 Å². The Morgan fingerprint density at radius 1 is 1.33 bits per heavy atom. The van der Waals surface area contributed by atoms with Gasteiger partial charge in [0.25, 0.3) is 5.69 Å². The molecule has 2 rings (SSSR count). The number of ether oxygens (including phenoxy) is 1. The van der Waals surface area contributed by atoms with Crippen LogP contribution in [0.1, 0.15) is 18.1 Å². The van der Waals surface area contributed by atoms with Gasteiger partial charge in [-0.25, -0.2) is 0 Å². The first kappa shape index (κ1) is 18.2. The maximum atomic E-state index is 10.7. The van der Waals surface area contributed by atoms with Gasteiger partial charge < -0.3 is 4.74 Å². The summed E-state index contributed by atoms with van der Waals surface area (Å²) in [6.45, 7) is 2.37. The van der Waals surface area contributed by atoms with Gasteiger partial charge in [0, 0.05) is 22.2 Å². The highest BCUT2D eigenvalue weighted by atomic mass is 79.9. The maximum absolute atomic E-state index is 10.7. The summed E-state index contributed by atoms with van der Waals surface area (Å²) >= 11 is 6.87. The van der Waals surface area contributed by atoms with Gasteiger partial charge in [0.15, 0.2) is 0 Å². The van der Waals surface area contributed by atoms with Crippen LogP contribution in [0, 0.1) is 21.4 Å². The number of hydrogen-bond donors (Lipinski definition) is 0. The third-order valence-corrected chi connectivity index (χ3v) is 4.18. The zero-order valence-electron chi connectivity index (χ0n) is 12.6. The van der Waals surface area contributed by atoms with Gasteiger partial charge in [-0.2, -0.15) is 5.26 Å². The molecule has 7 heteroatoms. The van der Waals surface area contributed by atoms with Crippen LogP contribution in [-0.2, 0) is 0 Å². The molecule has 122 valence electrons. The predicted octanol–water partition coefficient (Wildman–Crippen LogP) is 5.58. The summed E-state index contributed by atoms with van der Waals surface area (Å²) in [6, 6.07) is 11.7. The molecule has 0 N–H and O–H groups in total. The van der Waals surface area contributed by atoms with E-state index in [9.17, 15) is 15.4 Å². The summed E-state index contributed by atoms with van der Waals surface area (Å²) in [5.41, 5.74) is 1.70. The average Bonchev–Trinajstić information content (AvgIpc) is 2.55. The first-order valence-corrected chi connectivity index (χ1v) is 8.53. The molecule has 0 aliphatic heterocycles. The van der Waals surface area contributed by atoms with E-state index >= 15 is 0 Å². The smallest absolute Gasteiger partial charge is 0.269 e. The second-order valence-electron chi connectivity index (χ2n) is 4.71. The fourth-order valence-electron chi connectivity index (χ4n) is 2.08. The summed E-state index contributed by atoms with van der Waals surface area (Å²) < 4.78 is 7.25. The molecular weight excluding hydrogens is 440 g/mol. The molecule has 0 aromatic heterocycles. The van der Waals surface area contributed by atoms with Crippen molar-refractivity contribution in [3.05, 3.63) is 66.6 Å². The molecule has 0 bridgehead atoms. The molecule has 0 amide bonds. The minimum atomic E-state index is -0.474. The van der Waals surface area contributed by atoms with Gasteiger partial charge in [-0.3, -0.25) is 10.1 Å². The van der Waals surface area contributed by atoms with Gasteiger partial charge >= 0.3 is 0 Å². The van der Waals surface area contributed by atoms with E-state index in [2.05, 4.69) is 37.9 Å². The van der Waals surface area contributed by atoms with Crippen molar-refractivity contribution in [3.8, 4) is 11.8 Å². The minimum Gasteiger partial charge on any atom is -0.492 e. The van der Waals surface area contributed by atoms with Crippen molar-refractivity contribution in [3.63, 3.8) is 0 Å². The van der Waals surface area contributed by atoms with Crippen LogP contribution in [-0.4, -0.2) is 11.5 Å². The largest absolute Gasteiger partial charge is 0.492 e. The lowest BCUT2D eigenvalue weighted by molar-refractivity contribution is -0.384. The van der Waals surface area contributed by atoms with Crippen molar-refractivity contribution in [1.82, 2.24) is 0 Å². The second-order valence-corrected chi connectivity index (χ2v) is 6.48. The highest BCUT2D eigenvalue weighted by Crippen LogP contribution is 2.35.